The van der Waals surface area contributed by atoms with E-state index in [0.717, 1.165) is 32.6 Å². The normalized spacial score (nSPS) is 19.4. The minimum absolute atomic E-state index is 0.640. The van der Waals surface area contributed by atoms with Gasteiger partial charge in [-0.25, -0.2) is 9.97 Å². The van der Waals surface area contributed by atoms with E-state index in [1.807, 2.05) is 31.2 Å². The van der Waals surface area contributed by atoms with Crippen LogP contribution in [0.5, 0.6) is 0 Å². The molecule has 2 aromatic heterocycles. The van der Waals surface area contributed by atoms with Crippen molar-refractivity contribution < 1.29 is 0 Å². The van der Waals surface area contributed by atoms with Crippen molar-refractivity contribution in [2.45, 2.75) is 31.8 Å². The van der Waals surface area contributed by atoms with Crippen molar-refractivity contribution in [3.8, 4) is 0 Å². The van der Waals surface area contributed by atoms with Gasteiger partial charge in [0.25, 0.3) is 0 Å². The Labute approximate surface area is 107 Å². The molecule has 0 spiro atoms. The van der Waals surface area contributed by atoms with Crippen LogP contribution in [-0.4, -0.2) is 32.2 Å². The number of hydrogen-bond donors (Lipinski definition) is 1. The van der Waals surface area contributed by atoms with Crippen LogP contribution in [0, 0.1) is 0 Å². The molecule has 1 aliphatic heterocycles. The molecule has 18 heavy (non-hydrogen) atoms. The van der Waals surface area contributed by atoms with E-state index in [1.54, 1.807) is 0 Å². The molecule has 0 amide bonds. The summed E-state index contributed by atoms with van der Waals surface area (Å²) in [6, 6.07) is 0. The van der Waals surface area contributed by atoms with Crippen molar-refractivity contribution in [2.24, 2.45) is 0 Å². The summed E-state index contributed by atoms with van der Waals surface area (Å²) in [6.07, 6.45) is 12.0. The molecular formula is C13H19N5. The van der Waals surface area contributed by atoms with Gasteiger partial charge in [-0.15, -0.1) is 0 Å². The quantitative estimate of drug-likeness (QED) is 0.862. The molecule has 1 fully saturated rings. The van der Waals surface area contributed by atoms with Crippen LogP contribution in [0.4, 0.5) is 0 Å². The molecule has 0 bridgehead atoms. The van der Waals surface area contributed by atoms with Gasteiger partial charge in [-0.1, -0.05) is 0 Å². The SMILES string of the molecule is c1cn(CCCn2cncc2C2CCNC2)cn1. The Bertz CT molecular complexity index is 467. The van der Waals surface area contributed by atoms with Gasteiger partial charge in [-0.05, 0) is 19.4 Å². The van der Waals surface area contributed by atoms with Crippen molar-refractivity contribution in [3.63, 3.8) is 0 Å². The number of aromatic nitrogens is 4. The molecule has 96 valence electrons. The van der Waals surface area contributed by atoms with Crippen LogP contribution in [0.1, 0.15) is 24.5 Å². The summed E-state index contributed by atoms with van der Waals surface area (Å²) in [4.78, 5) is 8.35. The summed E-state index contributed by atoms with van der Waals surface area (Å²) in [7, 11) is 0. The van der Waals surface area contributed by atoms with Crippen LogP contribution < -0.4 is 5.32 Å². The Hall–Kier alpha value is -1.62. The number of nitrogens with one attached hydrogen (secondary N) is 1. The van der Waals surface area contributed by atoms with E-state index in [2.05, 4.69) is 24.4 Å². The highest BCUT2D eigenvalue weighted by Gasteiger charge is 2.19. The van der Waals surface area contributed by atoms with Crippen LogP contribution in [0.15, 0.2) is 31.2 Å². The Kier molecular flexibility index (Phi) is 3.41. The molecule has 0 saturated carbocycles. The van der Waals surface area contributed by atoms with Crippen molar-refractivity contribution in [2.75, 3.05) is 13.1 Å². The van der Waals surface area contributed by atoms with Crippen LogP contribution in [-0.2, 0) is 13.1 Å². The van der Waals surface area contributed by atoms with Crippen LogP contribution in [0.25, 0.3) is 0 Å². The smallest absolute Gasteiger partial charge is 0.0948 e. The number of imidazole rings is 2. The first-order valence-electron chi connectivity index (χ1n) is 6.60. The Morgan fingerprint density at radius 3 is 3.06 bits per heavy atom. The van der Waals surface area contributed by atoms with Gasteiger partial charge in [0.1, 0.15) is 0 Å². The minimum atomic E-state index is 0.640. The van der Waals surface area contributed by atoms with E-state index < -0.39 is 0 Å². The van der Waals surface area contributed by atoms with Crippen molar-refractivity contribution >= 4 is 0 Å². The summed E-state index contributed by atoms with van der Waals surface area (Å²) in [5.74, 6) is 0.640. The van der Waals surface area contributed by atoms with Crippen LogP contribution >= 0.6 is 0 Å². The molecular weight excluding hydrogens is 226 g/mol. The maximum Gasteiger partial charge on any atom is 0.0948 e. The third kappa shape index (κ3) is 2.46. The van der Waals surface area contributed by atoms with Gasteiger partial charge in [0, 0.05) is 49.8 Å². The van der Waals surface area contributed by atoms with Gasteiger partial charge in [-0.3, -0.25) is 0 Å². The molecule has 1 unspecified atom stereocenters. The largest absolute Gasteiger partial charge is 0.337 e. The average Bonchev–Trinajstić information content (AvgIpc) is 3.12. The monoisotopic (exact) mass is 245 g/mol. The zero-order chi connectivity index (χ0) is 12.2. The molecule has 1 N–H and O–H groups in total. The zero-order valence-electron chi connectivity index (χ0n) is 10.5. The molecule has 3 rings (SSSR count). The first-order valence-corrected chi connectivity index (χ1v) is 6.60. The zero-order valence-corrected chi connectivity index (χ0v) is 10.5. The lowest BCUT2D eigenvalue weighted by molar-refractivity contribution is 0.537. The fraction of sp³-hybridized carbons (Fsp3) is 0.538. The second-order valence-electron chi connectivity index (χ2n) is 4.86. The lowest BCUT2D eigenvalue weighted by atomic mass is 10.1. The van der Waals surface area contributed by atoms with Crippen molar-refractivity contribution in [1.29, 1.82) is 0 Å². The third-order valence-electron chi connectivity index (χ3n) is 3.60. The predicted molar refractivity (Wildman–Crippen MR) is 69.3 cm³/mol. The first kappa shape index (κ1) is 11.5. The Morgan fingerprint density at radius 2 is 2.28 bits per heavy atom. The number of rotatable bonds is 5. The molecule has 0 aliphatic carbocycles. The molecule has 5 nitrogen and oxygen atoms in total. The molecule has 3 heterocycles. The van der Waals surface area contributed by atoms with E-state index in [9.17, 15) is 0 Å². The molecule has 1 aliphatic rings. The summed E-state index contributed by atoms with van der Waals surface area (Å²) in [5, 5.41) is 3.41. The summed E-state index contributed by atoms with van der Waals surface area (Å²) in [5.41, 5.74) is 1.38. The van der Waals surface area contributed by atoms with Gasteiger partial charge in [0.05, 0.1) is 12.7 Å². The van der Waals surface area contributed by atoms with Gasteiger partial charge in [0.15, 0.2) is 0 Å². The van der Waals surface area contributed by atoms with Crippen LogP contribution in [0.3, 0.4) is 0 Å². The van der Waals surface area contributed by atoms with E-state index in [1.165, 1.54) is 12.1 Å². The summed E-state index contributed by atoms with van der Waals surface area (Å²) in [6.45, 7) is 4.27. The topological polar surface area (TPSA) is 47.7 Å². The molecule has 0 aromatic carbocycles. The highest BCUT2D eigenvalue weighted by Crippen LogP contribution is 2.21. The third-order valence-corrected chi connectivity index (χ3v) is 3.60. The number of aryl methyl sites for hydroxylation is 2. The molecule has 2 aromatic rings. The second kappa shape index (κ2) is 5.35. The fourth-order valence-electron chi connectivity index (χ4n) is 2.61. The van der Waals surface area contributed by atoms with E-state index in [0.29, 0.717) is 5.92 Å². The van der Waals surface area contributed by atoms with Crippen LogP contribution in [0.2, 0.25) is 0 Å². The van der Waals surface area contributed by atoms with E-state index in [-0.39, 0.29) is 0 Å². The molecule has 1 atom stereocenters. The van der Waals surface area contributed by atoms with Crippen molar-refractivity contribution in [1.82, 2.24) is 24.4 Å². The van der Waals surface area contributed by atoms with Crippen molar-refractivity contribution in [3.05, 3.63) is 36.9 Å². The molecule has 0 radical (unpaired) electrons. The summed E-state index contributed by atoms with van der Waals surface area (Å²) < 4.78 is 4.42. The van der Waals surface area contributed by atoms with Gasteiger partial charge in [0.2, 0.25) is 0 Å². The van der Waals surface area contributed by atoms with Gasteiger partial charge in [-0.2, -0.15) is 0 Å². The Balaban J connectivity index is 1.57. The van der Waals surface area contributed by atoms with E-state index >= 15 is 0 Å². The lowest BCUT2D eigenvalue weighted by Gasteiger charge is -2.12. The average molecular weight is 245 g/mol. The number of nitrogens with zero attached hydrogens (tertiary/aromatic N) is 4. The Morgan fingerprint density at radius 1 is 1.28 bits per heavy atom. The highest BCUT2D eigenvalue weighted by molar-refractivity contribution is 5.09. The van der Waals surface area contributed by atoms with Gasteiger partial charge < -0.3 is 14.5 Å². The second-order valence-corrected chi connectivity index (χ2v) is 4.86. The minimum Gasteiger partial charge on any atom is -0.337 e. The maximum absolute atomic E-state index is 4.30. The molecule has 1 saturated heterocycles. The lowest BCUT2D eigenvalue weighted by Crippen LogP contribution is -2.12. The predicted octanol–water partition coefficient (Wildman–Crippen LogP) is 1.25. The van der Waals surface area contributed by atoms with Gasteiger partial charge >= 0.3 is 0 Å². The maximum atomic E-state index is 4.30. The fourth-order valence-corrected chi connectivity index (χ4v) is 2.61. The first-order chi connectivity index (χ1) is 8.93. The summed E-state index contributed by atoms with van der Waals surface area (Å²) >= 11 is 0. The van der Waals surface area contributed by atoms with E-state index in [4.69, 9.17) is 0 Å². The molecule has 5 heteroatoms. The number of hydrogen-bond acceptors (Lipinski definition) is 3. The standard InChI is InChI=1S/C13H19N5/c1(5-17-7-4-15-10-17)6-18-11-16-9-13(18)12-2-3-14-8-12/h4,7,9-12,14H,1-3,5-6,8H2. The highest BCUT2D eigenvalue weighted by atomic mass is 15.1.